The Hall–Kier alpha value is -1.03. The summed E-state index contributed by atoms with van der Waals surface area (Å²) in [5.74, 6) is 0.588. The van der Waals surface area contributed by atoms with Crippen molar-refractivity contribution in [1.82, 2.24) is 15.5 Å². The molecule has 0 aromatic carbocycles. The summed E-state index contributed by atoms with van der Waals surface area (Å²) in [6.45, 7) is 1.70. The number of rotatable bonds is 9. The highest BCUT2D eigenvalue weighted by Gasteiger charge is 2.28. The van der Waals surface area contributed by atoms with Crippen LogP contribution in [0.15, 0.2) is 4.99 Å². The van der Waals surface area contributed by atoms with E-state index in [2.05, 4.69) is 15.6 Å². The van der Waals surface area contributed by atoms with Gasteiger partial charge in [-0.15, -0.1) is 0 Å². The number of alkyl halides is 3. The quantitative estimate of drug-likeness (QED) is 0.362. The average molecular weight is 360 g/mol. The molecule has 0 spiro atoms. The van der Waals surface area contributed by atoms with Crippen molar-refractivity contribution >= 4 is 15.8 Å². The van der Waals surface area contributed by atoms with E-state index in [1.807, 2.05) is 6.92 Å². The van der Waals surface area contributed by atoms with Gasteiger partial charge in [0, 0.05) is 25.9 Å². The van der Waals surface area contributed by atoms with E-state index in [9.17, 15) is 21.6 Å². The minimum absolute atomic E-state index is 0.0798. The van der Waals surface area contributed by atoms with Crippen LogP contribution in [-0.4, -0.2) is 77.2 Å². The maximum atomic E-state index is 12.2. The minimum Gasteiger partial charge on any atom is -0.356 e. The van der Waals surface area contributed by atoms with E-state index < -0.39 is 22.6 Å². The van der Waals surface area contributed by atoms with Crippen molar-refractivity contribution in [3.05, 3.63) is 0 Å². The summed E-state index contributed by atoms with van der Waals surface area (Å²) in [5.41, 5.74) is 0. The number of sulfone groups is 1. The number of nitrogens with zero attached hydrogens (tertiary/aromatic N) is 2. The predicted molar refractivity (Wildman–Crippen MR) is 86.5 cm³/mol. The Balaban J connectivity index is 3.99. The minimum atomic E-state index is -4.19. The molecule has 0 aliphatic rings. The Labute approximate surface area is 136 Å². The third kappa shape index (κ3) is 14.3. The zero-order chi connectivity index (χ0) is 18.1. The normalized spacial score (nSPS) is 14.9. The number of nitrogens with one attached hydrogen (secondary N) is 2. The monoisotopic (exact) mass is 360 g/mol. The van der Waals surface area contributed by atoms with Gasteiger partial charge in [0.25, 0.3) is 0 Å². The summed E-state index contributed by atoms with van der Waals surface area (Å²) in [5, 5.41) is 6.04. The largest absolute Gasteiger partial charge is 0.401 e. The number of guanidine groups is 1. The molecule has 0 aromatic rings. The van der Waals surface area contributed by atoms with Crippen molar-refractivity contribution < 1.29 is 21.6 Å². The van der Waals surface area contributed by atoms with Crippen LogP contribution in [-0.2, 0) is 9.84 Å². The van der Waals surface area contributed by atoms with Crippen LogP contribution in [0.25, 0.3) is 0 Å². The Kier molecular flexibility index (Phi) is 9.52. The zero-order valence-corrected chi connectivity index (χ0v) is 14.9. The Morgan fingerprint density at radius 2 is 1.96 bits per heavy atom. The van der Waals surface area contributed by atoms with Crippen molar-refractivity contribution in [3.8, 4) is 0 Å². The zero-order valence-electron chi connectivity index (χ0n) is 14.1. The molecule has 6 nitrogen and oxygen atoms in total. The summed E-state index contributed by atoms with van der Waals surface area (Å²) in [6.07, 6.45) is -2.02. The van der Waals surface area contributed by atoms with Gasteiger partial charge < -0.3 is 10.6 Å². The van der Waals surface area contributed by atoms with Crippen LogP contribution in [0.5, 0.6) is 0 Å². The molecule has 23 heavy (non-hydrogen) atoms. The van der Waals surface area contributed by atoms with E-state index in [0.717, 1.165) is 0 Å². The average Bonchev–Trinajstić information content (AvgIpc) is 2.37. The molecular weight excluding hydrogens is 333 g/mol. The molecule has 0 radical (unpaired) electrons. The highest BCUT2D eigenvalue weighted by molar-refractivity contribution is 7.90. The molecule has 0 rings (SSSR count). The predicted octanol–water partition coefficient (Wildman–Crippen LogP) is 0.859. The van der Waals surface area contributed by atoms with Gasteiger partial charge in [-0.3, -0.25) is 9.89 Å². The summed E-state index contributed by atoms with van der Waals surface area (Å²) in [7, 11) is -0.00265. The number of hydrogen-bond acceptors (Lipinski definition) is 4. The summed E-state index contributed by atoms with van der Waals surface area (Å²) in [4.78, 5) is 5.21. The van der Waals surface area contributed by atoms with Crippen LogP contribution in [0.1, 0.15) is 19.8 Å². The molecule has 0 aliphatic carbocycles. The smallest absolute Gasteiger partial charge is 0.356 e. The molecule has 0 aromatic heterocycles. The second-order valence-corrected chi connectivity index (χ2v) is 7.93. The first-order chi connectivity index (χ1) is 10.4. The standard InChI is InChI=1S/C13H27F3N4O2S/c1-11(6-9-23(4,21)22)19-12(17-2)18-7-5-8-20(3)10-13(14,15)16/h11H,5-10H2,1-4H3,(H2,17,18,19). The molecule has 2 N–H and O–H groups in total. The third-order valence-electron chi connectivity index (χ3n) is 2.99. The van der Waals surface area contributed by atoms with Crippen LogP contribution in [0.2, 0.25) is 0 Å². The second-order valence-electron chi connectivity index (χ2n) is 5.67. The van der Waals surface area contributed by atoms with Gasteiger partial charge in [-0.2, -0.15) is 13.2 Å². The van der Waals surface area contributed by atoms with E-state index in [4.69, 9.17) is 0 Å². The summed E-state index contributed by atoms with van der Waals surface area (Å²) < 4.78 is 58.7. The fourth-order valence-corrected chi connectivity index (χ4v) is 2.61. The molecule has 0 heterocycles. The highest BCUT2D eigenvalue weighted by Crippen LogP contribution is 2.15. The summed E-state index contributed by atoms with van der Waals surface area (Å²) >= 11 is 0. The molecule has 0 fully saturated rings. The molecule has 0 bridgehead atoms. The molecule has 0 aliphatic heterocycles. The first-order valence-electron chi connectivity index (χ1n) is 7.33. The SMILES string of the molecule is CN=C(NCCCN(C)CC(F)(F)F)NC(C)CCS(C)(=O)=O. The summed E-state index contributed by atoms with van der Waals surface area (Å²) in [6, 6.07) is -0.0798. The van der Waals surface area contributed by atoms with Crippen molar-refractivity contribution in [2.24, 2.45) is 4.99 Å². The number of hydrogen-bond donors (Lipinski definition) is 2. The molecule has 138 valence electrons. The second kappa shape index (κ2) is 9.96. The molecular formula is C13H27F3N4O2S. The van der Waals surface area contributed by atoms with Gasteiger partial charge in [0.1, 0.15) is 9.84 Å². The first kappa shape index (κ1) is 22.0. The van der Waals surface area contributed by atoms with E-state index >= 15 is 0 Å². The van der Waals surface area contributed by atoms with E-state index in [1.165, 1.54) is 18.2 Å². The first-order valence-corrected chi connectivity index (χ1v) is 9.39. The van der Waals surface area contributed by atoms with Crippen LogP contribution in [0, 0.1) is 0 Å². The Morgan fingerprint density at radius 1 is 1.35 bits per heavy atom. The van der Waals surface area contributed by atoms with Crippen LogP contribution in [0.4, 0.5) is 13.2 Å². The lowest BCUT2D eigenvalue weighted by molar-refractivity contribution is -0.143. The van der Waals surface area contributed by atoms with Crippen molar-refractivity contribution in [2.75, 3.05) is 45.7 Å². The van der Waals surface area contributed by atoms with Crippen molar-refractivity contribution in [3.63, 3.8) is 0 Å². The molecule has 10 heteroatoms. The lowest BCUT2D eigenvalue weighted by atomic mass is 10.3. The maximum absolute atomic E-state index is 12.2. The van der Waals surface area contributed by atoms with Gasteiger partial charge in [0.05, 0.1) is 12.3 Å². The topological polar surface area (TPSA) is 73.8 Å². The van der Waals surface area contributed by atoms with Gasteiger partial charge in [-0.05, 0) is 33.4 Å². The van der Waals surface area contributed by atoms with Crippen LogP contribution in [0.3, 0.4) is 0 Å². The van der Waals surface area contributed by atoms with Crippen LogP contribution >= 0.6 is 0 Å². The maximum Gasteiger partial charge on any atom is 0.401 e. The lowest BCUT2D eigenvalue weighted by Gasteiger charge is -2.20. The van der Waals surface area contributed by atoms with Crippen molar-refractivity contribution in [2.45, 2.75) is 32.0 Å². The van der Waals surface area contributed by atoms with Gasteiger partial charge in [0.2, 0.25) is 0 Å². The Bertz CT molecular complexity index is 466. The molecule has 1 atom stereocenters. The molecule has 0 amide bonds. The third-order valence-corrected chi connectivity index (χ3v) is 3.96. The fraction of sp³-hybridized carbons (Fsp3) is 0.923. The van der Waals surface area contributed by atoms with Crippen molar-refractivity contribution in [1.29, 1.82) is 0 Å². The van der Waals surface area contributed by atoms with E-state index in [1.54, 1.807) is 7.05 Å². The van der Waals surface area contributed by atoms with Gasteiger partial charge in [0.15, 0.2) is 5.96 Å². The molecule has 1 unspecified atom stereocenters. The van der Waals surface area contributed by atoms with Gasteiger partial charge in [-0.1, -0.05) is 0 Å². The van der Waals surface area contributed by atoms with Gasteiger partial charge in [-0.25, -0.2) is 8.42 Å². The molecule has 0 saturated heterocycles. The fourth-order valence-electron chi connectivity index (χ4n) is 1.83. The van der Waals surface area contributed by atoms with E-state index in [0.29, 0.717) is 31.9 Å². The molecule has 0 saturated carbocycles. The Morgan fingerprint density at radius 3 is 2.43 bits per heavy atom. The lowest BCUT2D eigenvalue weighted by Crippen LogP contribution is -2.43. The number of halogens is 3. The van der Waals surface area contributed by atoms with Gasteiger partial charge >= 0.3 is 6.18 Å². The van der Waals surface area contributed by atoms with Crippen LogP contribution < -0.4 is 10.6 Å². The van der Waals surface area contributed by atoms with E-state index in [-0.39, 0.29) is 11.8 Å². The highest BCUT2D eigenvalue weighted by atomic mass is 32.2. The number of aliphatic imine (C=N–C) groups is 1.